The van der Waals surface area contributed by atoms with Gasteiger partial charge in [0.2, 0.25) is 0 Å². The molecule has 0 aliphatic heterocycles. The average molecular weight is 427 g/mol. The minimum atomic E-state index is -0.445. The summed E-state index contributed by atoms with van der Waals surface area (Å²) in [4.78, 5) is 10.4. The SMILES string of the molecule is [CH2-]C(=O)OCC1([CH2-])CCCC1.[W].[Y]. The summed E-state index contributed by atoms with van der Waals surface area (Å²) in [6.07, 6.45) is 4.55. The van der Waals surface area contributed by atoms with Crippen molar-refractivity contribution in [1.29, 1.82) is 0 Å². The number of hydrogen-bond donors (Lipinski definition) is 0. The van der Waals surface area contributed by atoms with E-state index in [-0.39, 0.29) is 59.2 Å². The van der Waals surface area contributed by atoms with Gasteiger partial charge < -0.3 is 11.7 Å². The van der Waals surface area contributed by atoms with E-state index in [1.165, 1.54) is 12.8 Å². The van der Waals surface area contributed by atoms with Crippen LogP contribution in [0.2, 0.25) is 0 Å². The van der Waals surface area contributed by atoms with Crippen LogP contribution in [0.3, 0.4) is 0 Å². The Morgan fingerprint density at radius 1 is 1.38 bits per heavy atom. The standard InChI is InChI=1S/C9H14O2.W.Y/c1-8(10)11-7-9(2)5-3-4-6-9;;/h1-7H2;;/q-2;;. The molecule has 0 amide bonds. The van der Waals surface area contributed by atoms with Crippen LogP contribution in [0.15, 0.2) is 0 Å². The van der Waals surface area contributed by atoms with Gasteiger partial charge in [0.1, 0.15) is 0 Å². The molecule has 0 atom stereocenters. The van der Waals surface area contributed by atoms with E-state index in [1.807, 2.05) is 0 Å². The van der Waals surface area contributed by atoms with Crippen LogP contribution in [-0.4, -0.2) is 12.6 Å². The molecule has 1 aliphatic rings. The van der Waals surface area contributed by atoms with Gasteiger partial charge in [0, 0.05) is 53.8 Å². The number of rotatable bonds is 2. The number of esters is 1. The van der Waals surface area contributed by atoms with Crippen molar-refractivity contribution in [2.75, 3.05) is 6.61 Å². The summed E-state index contributed by atoms with van der Waals surface area (Å²) in [5, 5.41) is 0. The van der Waals surface area contributed by atoms with Gasteiger partial charge in [-0.05, 0) is 0 Å². The molecule has 0 spiro atoms. The first-order chi connectivity index (χ1) is 5.12. The minimum Gasteiger partial charge on any atom is -0.491 e. The van der Waals surface area contributed by atoms with Crippen LogP contribution in [0.5, 0.6) is 0 Å². The minimum absolute atomic E-state index is 0. The first kappa shape index (κ1) is 16.6. The van der Waals surface area contributed by atoms with Gasteiger partial charge in [-0.2, -0.15) is 0 Å². The van der Waals surface area contributed by atoms with Crippen LogP contribution in [0.4, 0.5) is 0 Å². The summed E-state index contributed by atoms with van der Waals surface area (Å²) in [7, 11) is 0. The molecule has 0 N–H and O–H groups in total. The van der Waals surface area contributed by atoms with Crippen molar-refractivity contribution >= 4 is 5.97 Å². The Hall–Kier alpha value is 1.13. The van der Waals surface area contributed by atoms with Crippen LogP contribution in [-0.2, 0) is 63.3 Å². The largest absolute Gasteiger partial charge is 0.491 e. The fourth-order valence-electron chi connectivity index (χ4n) is 1.50. The molecule has 1 saturated carbocycles. The van der Waals surface area contributed by atoms with Crippen LogP contribution in [0.1, 0.15) is 25.7 Å². The average Bonchev–Trinajstić information content (AvgIpc) is 2.33. The molecular weight excluding hydrogens is 413 g/mol. The van der Waals surface area contributed by atoms with Crippen molar-refractivity contribution in [1.82, 2.24) is 0 Å². The predicted molar refractivity (Wildman–Crippen MR) is 42.6 cm³/mol. The molecule has 73 valence electrons. The molecule has 1 radical (unpaired) electrons. The quantitative estimate of drug-likeness (QED) is 0.497. The molecule has 1 aliphatic carbocycles. The normalized spacial score (nSPS) is 18.2. The fraction of sp³-hybridized carbons (Fsp3) is 0.667. The third kappa shape index (κ3) is 6.25. The fourth-order valence-corrected chi connectivity index (χ4v) is 1.50. The van der Waals surface area contributed by atoms with Gasteiger partial charge in [-0.3, -0.25) is 11.7 Å². The summed E-state index contributed by atoms with van der Waals surface area (Å²) in [6.45, 7) is 7.62. The second-order valence-corrected chi connectivity index (χ2v) is 3.37. The summed E-state index contributed by atoms with van der Waals surface area (Å²) < 4.78 is 4.82. The van der Waals surface area contributed by atoms with Gasteiger partial charge in [0.25, 0.3) is 0 Å². The Labute approximate surface area is 120 Å². The molecule has 13 heavy (non-hydrogen) atoms. The van der Waals surface area contributed by atoms with Crippen molar-refractivity contribution in [3.63, 3.8) is 0 Å². The zero-order chi connectivity index (χ0) is 8.32. The van der Waals surface area contributed by atoms with Gasteiger partial charge in [0.15, 0.2) is 5.97 Å². The molecule has 1 rings (SSSR count). The summed E-state index contributed by atoms with van der Waals surface area (Å²) in [5.41, 5.74) is -0.00660. The van der Waals surface area contributed by atoms with E-state index in [0.717, 1.165) is 12.8 Å². The van der Waals surface area contributed by atoms with Gasteiger partial charge >= 0.3 is 0 Å². The first-order valence-electron chi connectivity index (χ1n) is 3.96. The van der Waals surface area contributed by atoms with E-state index in [2.05, 4.69) is 13.8 Å². The Kier molecular flexibility index (Phi) is 9.46. The maximum Gasteiger partial charge on any atom is 0.164 e. The van der Waals surface area contributed by atoms with Crippen molar-refractivity contribution in [3.05, 3.63) is 13.8 Å². The molecule has 0 aromatic carbocycles. The molecule has 2 nitrogen and oxygen atoms in total. The molecule has 0 saturated heterocycles. The second-order valence-electron chi connectivity index (χ2n) is 3.37. The maximum absolute atomic E-state index is 10.4. The van der Waals surface area contributed by atoms with E-state index in [4.69, 9.17) is 4.74 Å². The Morgan fingerprint density at radius 3 is 2.23 bits per heavy atom. The van der Waals surface area contributed by atoms with Gasteiger partial charge in [-0.25, -0.2) is 0 Å². The van der Waals surface area contributed by atoms with Gasteiger partial charge in [0.05, 0.1) is 6.61 Å². The van der Waals surface area contributed by atoms with Crippen molar-refractivity contribution in [2.24, 2.45) is 5.41 Å². The van der Waals surface area contributed by atoms with Crippen LogP contribution >= 0.6 is 0 Å². The Balaban J connectivity index is 0. The van der Waals surface area contributed by atoms with Gasteiger partial charge in [-0.15, -0.1) is 5.41 Å². The van der Waals surface area contributed by atoms with Gasteiger partial charge in [-0.1, -0.05) is 25.7 Å². The maximum atomic E-state index is 10.4. The molecule has 4 heteroatoms. The van der Waals surface area contributed by atoms with E-state index in [0.29, 0.717) is 6.61 Å². The molecular formula is C9H14O2WY-2. The first-order valence-corrected chi connectivity index (χ1v) is 3.96. The Bertz CT molecular complexity index is 156. The number of carbonyl (C=O) groups excluding carboxylic acids is 1. The Morgan fingerprint density at radius 2 is 1.85 bits per heavy atom. The van der Waals surface area contributed by atoms with E-state index >= 15 is 0 Å². The van der Waals surface area contributed by atoms with Crippen molar-refractivity contribution in [2.45, 2.75) is 25.7 Å². The summed E-state index contributed by atoms with van der Waals surface area (Å²) in [6, 6.07) is 0. The third-order valence-corrected chi connectivity index (χ3v) is 2.20. The van der Waals surface area contributed by atoms with E-state index in [1.54, 1.807) is 0 Å². The molecule has 0 heterocycles. The molecule has 0 aromatic rings. The number of carbonyl (C=O) groups is 1. The molecule has 0 unspecified atom stereocenters. The number of hydrogen-bond acceptors (Lipinski definition) is 2. The van der Waals surface area contributed by atoms with Crippen molar-refractivity contribution < 1.29 is 63.3 Å². The molecule has 1 fully saturated rings. The van der Waals surface area contributed by atoms with Crippen molar-refractivity contribution in [3.8, 4) is 0 Å². The second kappa shape index (κ2) is 7.43. The molecule has 0 aromatic heterocycles. The zero-order valence-corrected chi connectivity index (χ0v) is 13.5. The van der Waals surface area contributed by atoms with Crippen LogP contribution < -0.4 is 0 Å². The third-order valence-electron chi connectivity index (χ3n) is 2.20. The van der Waals surface area contributed by atoms with E-state index in [9.17, 15) is 4.79 Å². The summed E-state index contributed by atoms with van der Waals surface area (Å²) in [5.74, 6) is -0.445. The summed E-state index contributed by atoms with van der Waals surface area (Å²) >= 11 is 0. The predicted octanol–water partition coefficient (Wildman–Crippen LogP) is 1.75. The van der Waals surface area contributed by atoms with E-state index < -0.39 is 5.97 Å². The topological polar surface area (TPSA) is 26.3 Å². The molecule has 0 bridgehead atoms. The monoisotopic (exact) mass is 427 g/mol. The zero-order valence-electron chi connectivity index (χ0n) is 7.75. The van der Waals surface area contributed by atoms with Crippen LogP contribution in [0.25, 0.3) is 0 Å². The number of ether oxygens (including phenoxy) is 1. The smallest absolute Gasteiger partial charge is 0.164 e. The van der Waals surface area contributed by atoms with Crippen LogP contribution in [0, 0.1) is 19.3 Å².